The highest BCUT2D eigenvalue weighted by atomic mass is 16.5. The van der Waals surface area contributed by atoms with Gasteiger partial charge in [-0.2, -0.15) is 0 Å². The lowest BCUT2D eigenvalue weighted by Gasteiger charge is -2.27. The predicted molar refractivity (Wildman–Crippen MR) is 82.2 cm³/mol. The van der Waals surface area contributed by atoms with Gasteiger partial charge in [0.15, 0.2) is 11.5 Å². The van der Waals surface area contributed by atoms with Crippen molar-refractivity contribution in [3.63, 3.8) is 0 Å². The van der Waals surface area contributed by atoms with Crippen LogP contribution >= 0.6 is 0 Å². The number of hydrogen-bond donors (Lipinski definition) is 1. The third kappa shape index (κ3) is 3.26. The molecule has 0 bridgehead atoms. The number of furan rings is 1. The summed E-state index contributed by atoms with van der Waals surface area (Å²) < 4.78 is 21.9. The molecule has 22 heavy (non-hydrogen) atoms. The van der Waals surface area contributed by atoms with E-state index in [2.05, 4.69) is 11.4 Å². The Morgan fingerprint density at radius 2 is 2.05 bits per heavy atom. The van der Waals surface area contributed by atoms with Gasteiger partial charge in [-0.3, -0.25) is 0 Å². The van der Waals surface area contributed by atoms with Crippen LogP contribution in [0.1, 0.15) is 17.1 Å². The molecule has 1 aromatic heterocycles. The quantitative estimate of drug-likeness (QED) is 0.888. The maximum absolute atomic E-state index is 5.85. The minimum Gasteiger partial charge on any atom is -0.493 e. The molecule has 3 rings (SSSR count). The van der Waals surface area contributed by atoms with Crippen molar-refractivity contribution in [3.05, 3.63) is 47.4 Å². The van der Waals surface area contributed by atoms with E-state index >= 15 is 0 Å². The number of para-hydroxylation sites is 1. The first-order chi connectivity index (χ1) is 10.8. The number of hydrogen-bond acceptors (Lipinski definition) is 5. The Kier molecular flexibility index (Phi) is 4.65. The summed E-state index contributed by atoms with van der Waals surface area (Å²) in [7, 11) is 3.32. The van der Waals surface area contributed by atoms with E-state index < -0.39 is 0 Å². The van der Waals surface area contributed by atoms with Gasteiger partial charge in [0.25, 0.3) is 0 Å². The second-order valence-electron chi connectivity index (χ2n) is 5.34. The molecule has 5 heteroatoms. The van der Waals surface area contributed by atoms with Gasteiger partial charge in [-0.25, -0.2) is 0 Å². The van der Waals surface area contributed by atoms with E-state index in [4.69, 9.17) is 18.6 Å². The van der Waals surface area contributed by atoms with Crippen LogP contribution in [0.2, 0.25) is 0 Å². The van der Waals surface area contributed by atoms with E-state index in [0.717, 1.165) is 29.4 Å². The number of fused-ring (bicyclic) bond motifs is 1. The lowest BCUT2D eigenvalue weighted by molar-refractivity contribution is 0.162. The van der Waals surface area contributed by atoms with E-state index in [1.807, 2.05) is 24.3 Å². The Hall–Kier alpha value is -1.98. The summed E-state index contributed by atoms with van der Waals surface area (Å²) in [6, 6.07) is 10.2. The fourth-order valence-electron chi connectivity index (χ4n) is 2.67. The monoisotopic (exact) mass is 303 g/mol. The average Bonchev–Trinajstić information content (AvgIpc) is 3.00. The van der Waals surface area contributed by atoms with Crippen molar-refractivity contribution in [1.82, 2.24) is 5.32 Å². The fourth-order valence-corrected chi connectivity index (χ4v) is 2.67. The normalized spacial score (nSPS) is 16.9. The summed E-state index contributed by atoms with van der Waals surface area (Å²) in [6.07, 6.45) is 0.915. The number of rotatable bonds is 6. The Morgan fingerprint density at radius 1 is 1.18 bits per heavy atom. The van der Waals surface area contributed by atoms with Crippen LogP contribution in [0.15, 0.2) is 34.7 Å². The molecule has 1 aliphatic rings. The second kappa shape index (κ2) is 6.85. The number of benzene rings is 1. The molecule has 1 aliphatic heterocycles. The lowest BCUT2D eigenvalue weighted by atomic mass is 10.0. The smallest absolute Gasteiger partial charge is 0.164 e. The highest BCUT2D eigenvalue weighted by molar-refractivity contribution is 5.48. The van der Waals surface area contributed by atoms with Gasteiger partial charge >= 0.3 is 0 Å². The Balaban J connectivity index is 1.58. The standard InChI is InChI=1S/C17H21NO4/c1-19-11-15-7-6-14(22-15)9-18-13-8-12-4-3-5-16(20-2)17(12)21-10-13/h3-7,13,18H,8-11H2,1-2H3/t13-/m1/s1. The van der Waals surface area contributed by atoms with Crippen molar-refractivity contribution >= 4 is 0 Å². The molecule has 0 fully saturated rings. The van der Waals surface area contributed by atoms with Crippen LogP contribution in [0.25, 0.3) is 0 Å². The van der Waals surface area contributed by atoms with Crippen molar-refractivity contribution in [2.75, 3.05) is 20.8 Å². The molecule has 1 N–H and O–H groups in total. The van der Waals surface area contributed by atoms with Crippen LogP contribution in [0.4, 0.5) is 0 Å². The summed E-state index contributed by atoms with van der Waals surface area (Å²) >= 11 is 0. The maximum atomic E-state index is 5.85. The summed E-state index contributed by atoms with van der Waals surface area (Å²) in [5.41, 5.74) is 1.17. The summed E-state index contributed by atoms with van der Waals surface area (Å²) in [5, 5.41) is 3.47. The molecule has 118 valence electrons. The van der Waals surface area contributed by atoms with Gasteiger partial charge < -0.3 is 23.9 Å². The topological polar surface area (TPSA) is 52.9 Å². The molecule has 0 amide bonds. The van der Waals surface area contributed by atoms with Crippen molar-refractivity contribution < 1.29 is 18.6 Å². The van der Waals surface area contributed by atoms with Crippen LogP contribution in [0.3, 0.4) is 0 Å². The molecule has 0 unspecified atom stereocenters. The van der Waals surface area contributed by atoms with Gasteiger partial charge in [-0.1, -0.05) is 12.1 Å². The maximum Gasteiger partial charge on any atom is 0.164 e. The van der Waals surface area contributed by atoms with Crippen molar-refractivity contribution in [3.8, 4) is 11.5 Å². The van der Waals surface area contributed by atoms with Gasteiger partial charge in [-0.05, 0) is 30.2 Å². The zero-order valence-corrected chi connectivity index (χ0v) is 12.9. The largest absolute Gasteiger partial charge is 0.493 e. The summed E-state index contributed by atoms with van der Waals surface area (Å²) in [4.78, 5) is 0. The average molecular weight is 303 g/mol. The zero-order chi connectivity index (χ0) is 15.4. The van der Waals surface area contributed by atoms with Gasteiger partial charge in [0.2, 0.25) is 0 Å². The molecule has 5 nitrogen and oxygen atoms in total. The van der Waals surface area contributed by atoms with Crippen molar-refractivity contribution in [1.29, 1.82) is 0 Å². The predicted octanol–water partition coefficient (Wildman–Crippen LogP) is 2.53. The van der Waals surface area contributed by atoms with Crippen molar-refractivity contribution in [2.45, 2.75) is 25.6 Å². The molecule has 2 heterocycles. The third-order valence-electron chi connectivity index (χ3n) is 3.74. The van der Waals surface area contributed by atoms with Crippen LogP contribution in [-0.4, -0.2) is 26.9 Å². The Morgan fingerprint density at radius 3 is 2.86 bits per heavy atom. The van der Waals surface area contributed by atoms with Crippen molar-refractivity contribution in [2.24, 2.45) is 0 Å². The Bertz CT molecular complexity index is 623. The fraction of sp³-hybridized carbons (Fsp3) is 0.412. The number of nitrogens with one attached hydrogen (secondary N) is 1. The highest BCUT2D eigenvalue weighted by Crippen LogP contribution is 2.34. The van der Waals surface area contributed by atoms with Gasteiger partial charge in [0.05, 0.1) is 13.7 Å². The van der Waals surface area contributed by atoms with Gasteiger partial charge in [-0.15, -0.1) is 0 Å². The Labute approximate surface area is 130 Å². The van der Waals surface area contributed by atoms with Crippen LogP contribution in [0.5, 0.6) is 11.5 Å². The molecule has 0 radical (unpaired) electrons. The molecular weight excluding hydrogens is 282 g/mol. The summed E-state index contributed by atoms with van der Waals surface area (Å²) in [5.74, 6) is 3.41. The van der Waals surface area contributed by atoms with E-state index in [1.165, 1.54) is 5.56 Å². The molecule has 0 saturated carbocycles. The SMILES string of the molecule is COCc1ccc(CN[C@H]2COc3c(cccc3OC)C2)o1. The first kappa shape index (κ1) is 14.9. The first-order valence-electron chi connectivity index (χ1n) is 7.38. The van der Waals surface area contributed by atoms with Crippen LogP contribution in [0, 0.1) is 0 Å². The minimum absolute atomic E-state index is 0.260. The van der Waals surface area contributed by atoms with E-state index in [0.29, 0.717) is 19.8 Å². The molecule has 0 saturated heterocycles. The number of methoxy groups -OCH3 is 2. The van der Waals surface area contributed by atoms with Crippen LogP contribution < -0.4 is 14.8 Å². The van der Waals surface area contributed by atoms with Gasteiger partial charge in [0.1, 0.15) is 24.7 Å². The molecule has 1 aromatic carbocycles. The molecule has 0 spiro atoms. The minimum atomic E-state index is 0.260. The molecule has 2 aromatic rings. The molecular formula is C17H21NO4. The zero-order valence-electron chi connectivity index (χ0n) is 12.9. The number of ether oxygens (including phenoxy) is 3. The molecule has 1 atom stereocenters. The third-order valence-corrected chi connectivity index (χ3v) is 3.74. The lowest BCUT2D eigenvalue weighted by Crippen LogP contribution is -2.38. The summed E-state index contributed by atoms with van der Waals surface area (Å²) in [6.45, 7) is 1.80. The van der Waals surface area contributed by atoms with Gasteiger partial charge in [0, 0.05) is 13.2 Å². The second-order valence-corrected chi connectivity index (χ2v) is 5.34. The van der Waals surface area contributed by atoms with Crippen LogP contribution in [-0.2, 0) is 24.3 Å². The molecule has 0 aliphatic carbocycles. The highest BCUT2D eigenvalue weighted by Gasteiger charge is 2.22. The van der Waals surface area contributed by atoms with E-state index in [9.17, 15) is 0 Å². The van der Waals surface area contributed by atoms with E-state index in [-0.39, 0.29) is 6.04 Å². The van der Waals surface area contributed by atoms with E-state index in [1.54, 1.807) is 14.2 Å². The first-order valence-corrected chi connectivity index (χ1v) is 7.38.